The number of hydrogen-bond acceptors (Lipinski definition) is 5. The van der Waals surface area contributed by atoms with E-state index in [0.717, 1.165) is 33.4 Å². The topological polar surface area (TPSA) is 81.9 Å². The van der Waals surface area contributed by atoms with Gasteiger partial charge in [-0.15, -0.1) is 0 Å². The molecule has 7 nitrogen and oxygen atoms in total. The van der Waals surface area contributed by atoms with Crippen LogP contribution in [0.15, 0.2) is 55.4 Å². The van der Waals surface area contributed by atoms with Gasteiger partial charge in [0.2, 0.25) is 5.91 Å². The second-order valence-corrected chi connectivity index (χ2v) is 7.49. The standard InChI is InChI=1S/C23H22ClN5O2/c1-3-22(30)27-11-16-10-26-12-19(24)18(16)13-31-21-6-4-5-17-20(29-8-7-25-14-29)9-15(2)28-23(17)21/h4-10,12,14H,3,11,13H2,1-2H3,(H,27,30). The van der Waals surface area contributed by atoms with Crippen molar-refractivity contribution in [3.05, 3.63) is 77.2 Å². The van der Waals surface area contributed by atoms with Gasteiger partial charge < -0.3 is 14.6 Å². The van der Waals surface area contributed by atoms with Crippen LogP contribution in [-0.4, -0.2) is 25.4 Å². The molecule has 3 aromatic heterocycles. The Morgan fingerprint density at radius 3 is 2.90 bits per heavy atom. The molecule has 0 aliphatic rings. The van der Waals surface area contributed by atoms with Crippen molar-refractivity contribution in [3.8, 4) is 11.4 Å². The van der Waals surface area contributed by atoms with Gasteiger partial charge in [-0.3, -0.25) is 9.78 Å². The SMILES string of the molecule is CCC(=O)NCc1cncc(Cl)c1COc1cccc2c(-n3ccnc3)cc(C)nc12. The van der Waals surface area contributed by atoms with Gasteiger partial charge >= 0.3 is 0 Å². The van der Waals surface area contributed by atoms with Crippen LogP contribution in [0.25, 0.3) is 16.6 Å². The normalized spacial score (nSPS) is 10.9. The van der Waals surface area contributed by atoms with Crippen molar-refractivity contribution in [1.82, 2.24) is 24.8 Å². The van der Waals surface area contributed by atoms with Crippen LogP contribution in [0.3, 0.4) is 0 Å². The summed E-state index contributed by atoms with van der Waals surface area (Å²) in [6.07, 6.45) is 9.09. The minimum atomic E-state index is -0.0346. The Kier molecular flexibility index (Phi) is 6.13. The Morgan fingerprint density at radius 1 is 1.26 bits per heavy atom. The number of carbonyl (C=O) groups excluding carboxylic acids is 1. The van der Waals surface area contributed by atoms with Crippen molar-refractivity contribution in [1.29, 1.82) is 0 Å². The highest BCUT2D eigenvalue weighted by atomic mass is 35.5. The molecule has 0 bridgehead atoms. The van der Waals surface area contributed by atoms with E-state index in [1.807, 2.05) is 48.9 Å². The first-order valence-corrected chi connectivity index (χ1v) is 10.3. The van der Waals surface area contributed by atoms with Crippen molar-refractivity contribution in [2.45, 2.75) is 33.4 Å². The van der Waals surface area contributed by atoms with E-state index >= 15 is 0 Å². The van der Waals surface area contributed by atoms with Gasteiger partial charge in [-0.05, 0) is 24.6 Å². The quantitative estimate of drug-likeness (QED) is 0.465. The lowest BCUT2D eigenvalue weighted by Gasteiger charge is -2.15. The zero-order valence-corrected chi connectivity index (χ0v) is 18.1. The number of carbonyl (C=O) groups is 1. The lowest BCUT2D eigenvalue weighted by atomic mass is 10.1. The van der Waals surface area contributed by atoms with Gasteiger partial charge in [0.25, 0.3) is 0 Å². The molecule has 0 aliphatic heterocycles. The van der Waals surface area contributed by atoms with Crippen LogP contribution in [0.1, 0.15) is 30.2 Å². The molecule has 31 heavy (non-hydrogen) atoms. The van der Waals surface area contributed by atoms with Crippen molar-refractivity contribution < 1.29 is 9.53 Å². The highest BCUT2D eigenvalue weighted by molar-refractivity contribution is 6.31. The number of para-hydroxylation sites is 1. The van der Waals surface area contributed by atoms with Crippen LogP contribution in [0.5, 0.6) is 5.75 Å². The Labute approximate surface area is 185 Å². The monoisotopic (exact) mass is 435 g/mol. The number of hydrogen-bond donors (Lipinski definition) is 1. The summed E-state index contributed by atoms with van der Waals surface area (Å²) in [5.41, 5.74) is 4.22. The smallest absolute Gasteiger partial charge is 0.219 e. The molecule has 4 aromatic rings. The maximum atomic E-state index is 11.7. The second-order valence-electron chi connectivity index (χ2n) is 7.08. The van der Waals surface area contributed by atoms with Crippen LogP contribution < -0.4 is 10.1 Å². The molecule has 4 rings (SSSR count). The number of aryl methyl sites for hydroxylation is 1. The van der Waals surface area contributed by atoms with Gasteiger partial charge in [-0.25, -0.2) is 9.97 Å². The van der Waals surface area contributed by atoms with Gasteiger partial charge in [-0.1, -0.05) is 30.7 Å². The summed E-state index contributed by atoms with van der Waals surface area (Å²) >= 11 is 6.40. The highest BCUT2D eigenvalue weighted by Gasteiger charge is 2.14. The van der Waals surface area contributed by atoms with Crippen molar-refractivity contribution in [2.24, 2.45) is 0 Å². The number of nitrogens with one attached hydrogen (secondary N) is 1. The van der Waals surface area contributed by atoms with Crippen LogP contribution >= 0.6 is 11.6 Å². The number of amides is 1. The Balaban J connectivity index is 1.66. The molecule has 0 aliphatic carbocycles. The van der Waals surface area contributed by atoms with Gasteiger partial charge in [-0.2, -0.15) is 0 Å². The van der Waals surface area contributed by atoms with E-state index in [2.05, 4.69) is 15.3 Å². The maximum Gasteiger partial charge on any atom is 0.219 e. The summed E-state index contributed by atoms with van der Waals surface area (Å²) in [4.78, 5) is 24.7. The van der Waals surface area contributed by atoms with E-state index in [4.69, 9.17) is 21.3 Å². The zero-order valence-electron chi connectivity index (χ0n) is 17.3. The molecule has 1 N–H and O–H groups in total. The average Bonchev–Trinajstić information content (AvgIpc) is 3.31. The first-order valence-electron chi connectivity index (χ1n) is 9.96. The number of aromatic nitrogens is 4. The molecule has 1 amide bonds. The van der Waals surface area contributed by atoms with E-state index in [9.17, 15) is 4.79 Å². The fourth-order valence-corrected chi connectivity index (χ4v) is 3.58. The Bertz CT molecular complexity index is 1220. The third-order valence-corrected chi connectivity index (χ3v) is 5.28. The molecule has 0 saturated heterocycles. The molecule has 0 saturated carbocycles. The molecule has 0 radical (unpaired) electrons. The minimum Gasteiger partial charge on any atom is -0.487 e. The lowest BCUT2D eigenvalue weighted by molar-refractivity contribution is -0.120. The van der Waals surface area contributed by atoms with Crippen LogP contribution in [0.2, 0.25) is 5.02 Å². The number of pyridine rings is 2. The lowest BCUT2D eigenvalue weighted by Crippen LogP contribution is -2.22. The van der Waals surface area contributed by atoms with E-state index in [1.54, 1.807) is 24.9 Å². The second kappa shape index (κ2) is 9.14. The molecule has 8 heteroatoms. The molecular formula is C23H22ClN5O2. The molecule has 1 aromatic carbocycles. The summed E-state index contributed by atoms with van der Waals surface area (Å²) in [5.74, 6) is 0.617. The van der Waals surface area contributed by atoms with Crippen LogP contribution in [0, 0.1) is 6.92 Å². The summed E-state index contributed by atoms with van der Waals surface area (Å²) < 4.78 is 8.13. The maximum absolute atomic E-state index is 11.7. The van der Waals surface area contributed by atoms with Crippen molar-refractivity contribution in [2.75, 3.05) is 0 Å². The van der Waals surface area contributed by atoms with Crippen LogP contribution in [0.4, 0.5) is 0 Å². The number of halogens is 1. The fourth-order valence-electron chi connectivity index (χ4n) is 3.34. The number of benzene rings is 1. The van der Waals surface area contributed by atoms with Gasteiger partial charge in [0, 0.05) is 54.4 Å². The summed E-state index contributed by atoms with van der Waals surface area (Å²) in [6, 6.07) is 7.85. The number of fused-ring (bicyclic) bond motifs is 1. The van der Waals surface area contributed by atoms with E-state index in [-0.39, 0.29) is 12.5 Å². The van der Waals surface area contributed by atoms with Crippen LogP contribution in [-0.2, 0) is 17.9 Å². The summed E-state index contributed by atoms with van der Waals surface area (Å²) in [5, 5.41) is 4.31. The van der Waals surface area contributed by atoms with Gasteiger partial charge in [0.1, 0.15) is 17.9 Å². The molecule has 158 valence electrons. The van der Waals surface area contributed by atoms with E-state index in [0.29, 0.717) is 23.7 Å². The third-order valence-electron chi connectivity index (χ3n) is 4.95. The molecule has 0 fully saturated rings. The first kappa shape index (κ1) is 20.8. The average molecular weight is 436 g/mol. The number of rotatable bonds is 7. The molecule has 3 heterocycles. The largest absolute Gasteiger partial charge is 0.487 e. The molecule has 0 spiro atoms. The fraction of sp³-hybridized carbons (Fsp3) is 0.217. The molecule has 0 unspecified atom stereocenters. The van der Waals surface area contributed by atoms with Crippen molar-refractivity contribution >= 4 is 28.4 Å². The van der Waals surface area contributed by atoms with Crippen molar-refractivity contribution in [3.63, 3.8) is 0 Å². The van der Waals surface area contributed by atoms with Gasteiger partial charge in [0.15, 0.2) is 0 Å². The highest BCUT2D eigenvalue weighted by Crippen LogP contribution is 2.30. The van der Waals surface area contributed by atoms with E-state index in [1.165, 1.54) is 0 Å². The van der Waals surface area contributed by atoms with E-state index < -0.39 is 0 Å². The molecular weight excluding hydrogens is 414 g/mol. The number of nitrogens with zero attached hydrogens (tertiary/aromatic N) is 4. The number of imidazole rings is 1. The molecule has 0 atom stereocenters. The summed E-state index contributed by atoms with van der Waals surface area (Å²) in [7, 11) is 0. The minimum absolute atomic E-state index is 0.0346. The predicted octanol–water partition coefficient (Wildman–Crippen LogP) is 4.38. The third kappa shape index (κ3) is 4.51. The predicted molar refractivity (Wildman–Crippen MR) is 119 cm³/mol. The van der Waals surface area contributed by atoms with Gasteiger partial charge in [0.05, 0.1) is 17.0 Å². The number of ether oxygens (including phenoxy) is 1. The zero-order chi connectivity index (χ0) is 21.8. The Morgan fingerprint density at radius 2 is 2.13 bits per heavy atom. The first-order chi connectivity index (χ1) is 15.1. The summed E-state index contributed by atoms with van der Waals surface area (Å²) in [6.45, 7) is 4.33. The Hall–Kier alpha value is -3.45.